The summed E-state index contributed by atoms with van der Waals surface area (Å²) in [4.78, 5) is 9.67. The summed E-state index contributed by atoms with van der Waals surface area (Å²) in [6.07, 6.45) is 0. The van der Waals surface area contributed by atoms with Crippen LogP contribution in [0.3, 0.4) is 0 Å². The van der Waals surface area contributed by atoms with Crippen molar-refractivity contribution in [3.05, 3.63) is 33.9 Å². The van der Waals surface area contributed by atoms with Crippen molar-refractivity contribution in [2.24, 2.45) is 5.73 Å². The lowest BCUT2D eigenvalue weighted by Crippen LogP contribution is -2.07. The number of aromatic hydroxyl groups is 1. The van der Waals surface area contributed by atoms with Crippen LogP contribution in [0.1, 0.15) is 11.6 Å². The third-order valence-corrected chi connectivity index (χ3v) is 1.69. The minimum atomic E-state index is -0.922. The van der Waals surface area contributed by atoms with Gasteiger partial charge in [-0.25, -0.2) is 0 Å². The van der Waals surface area contributed by atoms with E-state index in [2.05, 4.69) is 0 Å². The lowest BCUT2D eigenvalue weighted by atomic mass is 10.1. The number of nitriles is 1. The van der Waals surface area contributed by atoms with E-state index >= 15 is 0 Å². The molecule has 14 heavy (non-hydrogen) atoms. The Bertz CT molecular complexity index is 411. The van der Waals surface area contributed by atoms with Gasteiger partial charge in [-0.05, 0) is 11.6 Å². The lowest BCUT2D eigenvalue weighted by molar-refractivity contribution is -0.385. The maximum atomic E-state index is 10.4. The Hall–Kier alpha value is -2.13. The number of nitro groups is 1. The summed E-state index contributed by atoms with van der Waals surface area (Å²) in [6.45, 7) is 0. The first kappa shape index (κ1) is 9.95. The van der Waals surface area contributed by atoms with E-state index in [0.717, 1.165) is 12.1 Å². The minimum absolute atomic E-state index is 0.303. The molecule has 72 valence electrons. The van der Waals surface area contributed by atoms with Gasteiger partial charge in [-0.1, -0.05) is 6.07 Å². The first-order valence-corrected chi connectivity index (χ1v) is 3.68. The highest BCUT2D eigenvalue weighted by atomic mass is 16.6. The highest BCUT2D eigenvalue weighted by molar-refractivity contribution is 5.48. The zero-order valence-electron chi connectivity index (χ0n) is 7.04. The number of phenolic OH excluding ortho intramolecular Hbond substituents is 1. The number of nitrogens with two attached hydrogens (primary N) is 1. The first-order valence-electron chi connectivity index (χ1n) is 3.68. The van der Waals surface area contributed by atoms with Gasteiger partial charge in [0.2, 0.25) is 0 Å². The molecule has 1 aromatic carbocycles. The zero-order chi connectivity index (χ0) is 10.7. The smallest absolute Gasteiger partial charge is 0.311 e. The average molecular weight is 193 g/mol. The molecule has 0 spiro atoms. The fourth-order valence-corrected chi connectivity index (χ4v) is 0.955. The Morgan fingerprint density at radius 2 is 2.29 bits per heavy atom. The van der Waals surface area contributed by atoms with Gasteiger partial charge < -0.3 is 10.8 Å². The van der Waals surface area contributed by atoms with E-state index in [1.165, 1.54) is 6.07 Å². The predicted molar refractivity (Wildman–Crippen MR) is 47.3 cm³/mol. The number of hydrogen-bond acceptors (Lipinski definition) is 5. The Balaban J connectivity index is 3.21. The summed E-state index contributed by atoms with van der Waals surface area (Å²) in [5, 5.41) is 28.0. The molecule has 6 heteroatoms. The molecule has 0 radical (unpaired) electrons. The van der Waals surface area contributed by atoms with Crippen molar-refractivity contribution in [2.45, 2.75) is 6.04 Å². The van der Waals surface area contributed by atoms with Crippen molar-refractivity contribution >= 4 is 5.69 Å². The fourth-order valence-electron chi connectivity index (χ4n) is 0.955. The molecule has 0 heterocycles. The van der Waals surface area contributed by atoms with Gasteiger partial charge in [0.05, 0.1) is 11.0 Å². The molecule has 1 aromatic rings. The molecule has 0 saturated carbocycles. The number of benzene rings is 1. The van der Waals surface area contributed by atoms with Crippen molar-refractivity contribution in [1.29, 1.82) is 5.26 Å². The molecule has 0 aromatic heterocycles. The minimum Gasteiger partial charge on any atom is -0.502 e. The van der Waals surface area contributed by atoms with Gasteiger partial charge in [0.25, 0.3) is 0 Å². The molecule has 0 saturated heterocycles. The highest BCUT2D eigenvalue weighted by Crippen LogP contribution is 2.27. The Labute approximate surface area is 79.3 Å². The number of hydrogen-bond donors (Lipinski definition) is 2. The summed E-state index contributed by atoms with van der Waals surface area (Å²) in [7, 11) is 0. The summed E-state index contributed by atoms with van der Waals surface area (Å²) in [5.74, 6) is -0.441. The van der Waals surface area contributed by atoms with E-state index in [1.54, 1.807) is 6.07 Å². The van der Waals surface area contributed by atoms with Gasteiger partial charge >= 0.3 is 5.69 Å². The van der Waals surface area contributed by atoms with Crippen LogP contribution < -0.4 is 5.73 Å². The van der Waals surface area contributed by atoms with Gasteiger partial charge in [-0.15, -0.1) is 0 Å². The van der Waals surface area contributed by atoms with Crippen LogP contribution >= 0.6 is 0 Å². The molecule has 0 amide bonds. The monoisotopic (exact) mass is 193 g/mol. The van der Waals surface area contributed by atoms with Crippen LogP contribution in [0, 0.1) is 21.4 Å². The number of nitro benzene ring substituents is 1. The third-order valence-electron chi connectivity index (χ3n) is 1.69. The summed E-state index contributed by atoms with van der Waals surface area (Å²) < 4.78 is 0. The molecular formula is C8H7N3O3. The van der Waals surface area contributed by atoms with Gasteiger partial charge in [0.15, 0.2) is 5.75 Å². The van der Waals surface area contributed by atoms with Gasteiger partial charge in [0.1, 0.15) is 6.04 Å². The van der Waals surface area contributed by atoms with Crippen LogP contribution in [0.4, 0.5) is 5.69 Å². The van der Waals surface area contributed by atoms with E-state index in [1.807, 2.05) is 0 Å². The molecule has 1 atom stereocenters. The summed E-state index contributed by atoms with van der Waals surface area (Å²) in [6, 6.07) is 4.42. The van der Waals surface area contributed by atoms with Crippen LogP contribution in [-0.4, -0.2) is 10.0 Å². The van der Waals surface area contributed by atoms with Crippen molar-refractivity contribution in [3.63, 3.8) is 0 Å². The molecule has 0 aliphatic rings. The molecule has 0 fully saturated rings. The van der Waals surface area contributed by atoms with E-state index < -0.39 is 22.4 Å². The highest BCUT2D eigenvalue weighted by Gasteiger charge is 2.15. The van der Waals surface area contributed by atoms with Crippen LogP contribution in [0.15, 0.2) is 18.2 Å². The zero-order valence-corrected chi connectivity index (χ0v) is 7.04. The standard InChI is InChI=1S/C8H7N3O3/c9-4-6(10)5-1-2-8(12)7(3-5)11(13)14/h1-3,6,12H,10H2/t6-/m0/s1. The van der Waals surface area contributed by atoms with Gasteiger partial charge in [-0.2, -0.15) is 5.26 Å². The van der Waals surface area contributed by atoms with Crippen molar-refractivity contribution in [1.82, 2.24) is 0 Å². The number of nitrogens with zero attached hydrogens (tertiary/aromatic N) is 2. The van der Waals surface area contributed by atoms with Gasteiger partial charge in [-0.3, -0.25) is 10.1 Å². The predicted octanol–water partition coefficient (Wildman–Crippen LogP) is 0.824. The lowest BCUT2D eigenvalue weighted by Gasteiger charge is -2.02. The number of rotatable bonds is 2. The molecule has 0 aliphatic carbocycles. The first-order chi connectivity index (χ1) is 6.56. The van der Waals surface area contributed by atoms with Crippen LogP contribution in [-0.2, 0) is 0 Å². The van der Waals surface area contributed by atoms with E-state index in [-0.39, 0.29) is 0 Å². The Morgan fingerprint density at radius 1 is 1.64 bits per heavy atom. The maximum absolute atomic E-state index is 10.4. The van der Waals surface area contributed by atoms with Crippen LogP contribution in [0.25, 0.3) is 0 Å². The maximum Gasteiger partial charge on any atom is 0.311 e. The normalized spacial score (nSPS) is 11.7. The second-order valence-corrected chi connectivity index (χ2v) is 2.61. The molecule has 0 aliphatic heterocycles. The average Bonchev–Trinajstić information content (AvgIpc) is 2.17. The second kappa shape index (κ2) is 3.72. The van der Waals surface area contributed by atoms with Crippen molar-refractivity contribution in [3.8, 4) is 11.8 Å². The van der Waals surface area contributed by atoms with E-state index in [0.29, 0.717) is 5.56 Å². The largest absolute Gasteiger partial charge is 0.502 e. The fraction of sp³-hybridized carbons (Fsp3) is 0.125. The molecule has 0 bridgehead atoms. The summed E-state index contributed by atoms with van der Waals surface area (Å²) >= 11 is 0. The van der Waals surface area contributed by atoms with Crippen molar-refractivity contribution in [2.75, 3.05) is 0 Å². The molecule has 1 rings (SSSR count). The quantitative estimate of drug-likeness (QED) is 0.533. The molecule has 3 N–H and O–H groups in total. The third kappa shape index (κ3) is 1.78. The molecule has 6 nitrogen and oxygen atoms in total. The van der Waals surface area contributed by atoms with Crippen molar-refractivity contribution < 1.29 is 10.0 Å². The van der Waals surface area contributed by atoms with Gasteiger partial charge in [0, 0.05) is 6.07 Å². The molecule has 0 unspecified atom stereocenters. The SMILES string of the molecule is N#C[C@H](N)c1ccc(O)c([N+](=O)[O-])c1. The Kier molecular flexibility index (Phi) is 2.65. The second-order valence-electron chi connectivity index (χ2n) is 2.61. The van der Waals surface area contributed by atoms with Crippen LogP contribution in [0.5, 0.6) is 5.75 Å². The summed E-state index contributed by atoms with van der Waals surface area (Å²) in [5.41, 5.74) is 5.20. The number of phenols is 1. The molecular weight excluding hydrogens is 186 g/mol. The van der Waals surface area contributed by atoms with E-state index in [4.69, 9.17) is 16.1 Å². The van der Waals surface area contributed by atoms with Crippen LogP contribution in [0.2, 0.25) is 0 Å². The Morgan fingerprint density at radius 3 is 2.79 bits per heavy atom. The topological polar surface area (TPSA) is 113 Å². The van der Waals surface area contributed by atoms with E-state index in [9.17, 15) is 10.1 Å².